The highest BCUT2D eigenvalue weighted by Crippen LogP contribution is 2.33. The quantitative estimate of drug-likeness (QED) is 0.0790. The minimum absolute atomic E-state index is 0.103. The number of fused-ring (bicyclic) bond motifs is 3. The average Bonchev–Trinajstić information content (AvgIpc) is 4.01. The number of benzene rings is 3. The molecule has 15 nitrogen and oxygen atoms in total. The minimum atomic E-state index is -0.686. The predicted molar refractivity (Wildman–Crippen MR) is 221 cm³/mol. The molecule has 5 aromatic rings. The molecule has 0 saturated carbocycles. The van der Waals surface area contributed by atoms with E-state index in [9.17, 15) is 19.2 Å². The smallest absolute Gasteiger partial charge is 0.407 e. The molecule has 2 atom stereocenters. The zero-order chi connectivity index (χ0) is 41.6. The number of imidazole rings is 2. The number of nitrogens with zero attached hydrogens (tertiary/aromatic N) is 3. The Balaban J connectivity index is 0.00000207. The number of ether oxygens (including phenoxy) is 3. The molecular formula is C43H52N8O7. The Morgan fingerprint density at radius 1 is 0.897 bits per heavy atom. The van der Waals surface area contributed by atoms with E-state index < -0.39 is 18.2 Å². The molecule has 5 N–H and O–H groups in total. The molecule has 3 aromatic carbocycles. The van der Waals surface area contributed by atoms with Crippen LogP contribution in [0, 0.1) is 17.8 Å². The maximum Gasteiger partial charge on any atom is 0.407 e. The third-order valence-electron chi connectivity index (χ3n) is 9.64. The van der Waals surface area contributed by atoms with Gasteiger partial charge >= 0.3 is 12.2 Å². The van der Waals surface area contributed by atoms with Gasteiger partial charge in [0.1, 0.15) is 17.7 Å². The number of unbranched alkanes of at least 4 members (excludes halogenated alkanes) is 1. The maximum absolute atomic E-state index is 13.5. The summed E-state index contributed by atoms with van der Waals surface area (Å²) < 4.78 is 13.5. The summed E-state index contributed by atoms with van der Waals surface area (Å²) in [4.78, 5) is 66.5. The molecule has 1 saturated heterocycles. The van der Waals surface area contributed by atoms with Crippen LogP contribution >= 0.6 is 0 Å². The topological polar surface area (TPSA) is 193 Å². The molecule has 1 aliphatic heterocycles. The van der Waals surface area contributed by atoms with Crippen LogP contribution in [0.25, 0.3) is 33.1 Å². The van der Waals surface area contributed by atoms with Crippen molar-refractivity contribution < 1.29 is 33.4 Å². The lowest BCUT2D eigenvalue weighted by molar-refractivity contribution is -0.135. The number of H-pyrrole nitrogens is 2. The Labute approximate surface area is 338 Å². The number of hydrogen-bond acceptors (Lipinski definition) is 9. The van der Waals surface area contributed by atoms with Gasteiger partial charge in [-0.05, 0) is 72.9 Å². The second kappa shape index (κ2) is 20.7. The fourth-order valence-electron chi connectivity index (χ4n) is 6.70. The largest absolute Gasteiger partial charge is 0.453 e. The van der Waals surface area contributed by atoms with Crippen molar-refractivity contribution >= 4 is 45.8 Å². The van der Waals surface area contributed by atoms with E-state index in [1.165, 1.54) is 14.2 Å². The van der Waals surface area contributed by atoms with Gasteiger partial charge in [-0.15, -0.1) is 0 Å². The summed E-state index contributed by atoms with van der Waals surface area (Å²) in [5, 5.41) is 9.92. The summed E-state index contributed by atoms with van der Waals surface area (Å²) in [7, 11) is 5.79. The molecule has 15 heteroatoms. The number of carbonyl (C=O) groups is 4. The zero-order valence-electron chi connectivity index (χ0n) is 33.9. The fourth-order valence-corrected chi connectivity index (χ4v) is 6.70. The number of hydrogen-bond donors (Lipinski definition) is 5. The first-order chi connectivity index (χ1) is 28.0. The number of aryl methyl sites for hydroxylation is 1. The van der Waals surface area contributed by atoms with Crippen LogP contribution in [-0.2, 0) is 30.2 Å². The number of carbonyl (C=O) groups excluding carboxylic acids is 4. The van der Waals surface area contributed by atoms with E-state index in [0.29, 0.717) is 13.1 Å². The Morgan fingerprint density at radius 3 is 2.34 bits per heavy atom. The van der Waals surface area contributed by atoms with Crippen molar-refractivity contribution in [3.05, 3.63) is 83.6 Å². The number of aromatic nitrogens is 4. The summed E-state index contributed by atoms with van der Waals surface area (Å²) >= 11 is 0. The summed E-state index contributed by atoms with van der Waals surface area (Å²) in [5.41, 5.74) is 5.45. The number of aromatic amines is 2. The minimum Gasteiger partial charge on any atom is -0.453 e. The molecule has 0 radical (unpaired) electrons. The van der Waals surface area contributed by atoms with E-state index in [0.717, 1.165) is 87.9 Å². The molecule has 2 unspecified atom stereocenters. The standard InChI is InChI=1S/C41H46N8O6.C2H6O/c1-25(2)36(48-41(53)55-4)39(51)49-21-7-8-33(49)38-43-23-32(46-38)28-15-12-26(13-16-28)10-11-27-14-18-30-29(22-27)17-19-31-37(30)47-34(45-31)9-5-6-20-42-35(50)24-44-40(52)54-3;1-3-2/h12-19,22-23,25,33,36H,5-9,20-21,24H2,1-4H3,(H,42,50)(H,43,46)(H,44,52)(H,45,47)(H,48,53);1-2H3. The monoisotopic (exact) mass is 792 g/mol. The molecule has 0 bridgehead atoms. The molecule has 2 aromatic heterocycles. The highest BCUT2D eigenvalue weighted by molar-refractivity contribution is 6.04. The van der Waals surface area contributed by atoms with Crippen molar-refractivity contribution in [2.45, 2.75) is 58.0 Å². The summed E-state index contributed by atoms with van der Waals surface area (Å²) in [6.07, 6.45) is 4.51. The van der Waals surface area contributed by atoms with E-state index in [4.69, 9.17) is 9.72 Å². The first-order valence-corrected chi connectivity index (χ1v) is 19.3. The number of nitrogens with one attached hydrogen (secondary N) is 5. The van der Waals surface area contributed by atoms with E-state index in [1.807, 2.05) is 50.2 Å². The molecule has 4 amide bonds. The van der Waals surface area contributed by atoms with E-state index in [-0.39, 0.29) is 30.3 Å². The van der Waals surface area contributed by atoms with Crippen molar-refractivity contribution in [1.29, 1.82) is 0 Å². The van der Waals surface area contributed by atoms with Crippen LogP contribution in [0.4, 0.5) is 9.59 Å². The third-order valence-corrected chi connectivity index (χ3v) is 9.64. The van der Waals surface area contributed by atoms with Crippen molar-refractivity contribution in [3.63, 3.8) is 0 Å². The Kier molecular flexibility index (Phi) is 15.2. The predicted octanol–water partition coefficient (Wildman–Crippen LogP) is 5.61. The van der Waals surface area contributed by atoms with Gasteiger partial charge in [-0.25, -0.2) is 19.6 Å². The van der Waals surface area contributed by atoms with Crippen molar-refractivity contribution in [1.82, 2.24) is 40.8 Å². The second-order valence-corrected chi connectivity index (χ2v) is 14.2. The Bertz CT molecular complexity index is 2250. The maximum atomic E-state index is 13.5. The second-order valence-electron chi connectivity index (χ2n) is 14.2. The zero-order valence-corrected chi connectivity index (χ0v) is 33.9. The molecule has 306 valence electrons. The lowest BCUT2D eigenvalue weighted by Crippen LogP contribution is -2.51. The molecule has 3 heterocycles. The van der Waals surface area contributed by atoms with Gasteiger partial charge in [-0.1, -0.05) is 50.0 Å². The van der Waals surface area contributed by atoms with Crippen LogP contribution < -0.4 is 16.0 Å². The highest BCUT2D eigenvalue weighted by atomic mass is 16.5. The number of amides is 4. The van der Waals surface area contributed by atoms with Gasteiger partial charge in [0.25, 0.3) is 0 Å². The molecule has 0 aliphatic carbocycles. The van der Waals surface area contributed by atoms with E-state index in [2.05, 4.69) is 70.4 Å². The molecule has 1 aliphatic rings. The summed E-state index contributed by atoms with van der Waals surface area (Å²) in [6.45, 7) is 4.78. The van der Waals surface area contributed by atoms with Gasteiger partial charge in [0.15, 0.2) is 0 Å². The lowest BCUT2D eigenvalue weighted by Gasteiger charge is -2.30. The SMILES string of the molecule is COC.COC(=O)NCC(=O)NCCCCc1nc2c(ccc3cc(C#Cc4ccc(-c5cnc(C6CCCN6C(=O)C(NC(=O)OC)C(C)C)[nH]5)cc4)ccc32)[nH]1. The fraction of sp³-hybridized carbons (Fsp3) is 0.395. The van der Waals surface area contributed by atoms with Gasteiger partial charge in [-0.3, -0.25) is 9.59 Å². The molecular weight excluding hydrogens is 741 g/mol. The highest BCUT2D eigenvalue weighted by Gasteiger charge is 2.37. The molecule has 0 spiro atoms. The number of likely N-dealkylation sites (tertiary alicyclic amines) is 1. The van der Waals surface area contributed by atoms with Crippen LogP contribution in [0.2, 0.25) is 0 Å². The van der Waals surface area contributed by atoms with Crippen LogP contribution in [0.3, 0.4) is 0 Å². The van der Waals surface area contributed by atoms with Crippen molar-refractivity contribution in [2.24, 2.45) is 5.92 Å². The molecule has 6 rings (SSSR count). The van der Waals surface area contributed by atoms with Gasteiger partial charge < -0.3 is 45.0 Å². The molecule has 58 heavy (non-hydrogen) atoms. The van der Waals surface area contributed by atoms with Gasteiger partial charge in [0, 0.05) is 50.2 Å². The summed E-state index contributed by atoms with van der Waals surface area (Å²) in [6, 6.07) is 17.3. The Morgan fingerprint density at radius 2 is 1.62 bits per heavy atom. The first kappa shape index (κ1) is 42.7. The van der Waals surface area contributed by atoms with Crippen molar-refractivity contribution in [3.8, 4) is 23.1 Å². The van der Waals surface area contributed by atoms with Crippen molar-refractivity contribution in [2.75, 3.05) is 48.1 Å². The van der Waals surface area contributed by atoms with Gasteiger partial charge in [0.05, 0.1) is 49.7 Å². The first-order valence-electron chi connectivity index (χ1n) is 19.3. The third kappa shape index (κ3) is 11.1. The van der Waals surface area contributed by atoms with Crippen LogP contribution in [0.15, 0.2) is 60.8 Å². The van der Waals surface area contributed by atoms with Crippen LogP contribution in [0.1, 0.15) is 68.3 Å². The van der Waals surface area contributed by atoms with Crippen LogP contribution in [0.5, 0.6) is 0 Å². The molecule has 1 fully saturated rings. The number of rotatable bonds is 12. The van der Waals surface area contributed by atoms with E-state index in [1.54, 1.807) is 25.3 Å². The number of methoxy groups -OCH3 is 3. The average molecular weight is 793 g/mol. The lowest BCUT2D eigenvalue weighted by atomic mass is 10.0. The Hall–Kier alpha value is -6.40. The summed E-state index contributed by atoms with van der Waals surface area (Å²) in [5.74, 6) is 7.67. The normalized spacial score (nSPS) is 13.9. The van der Waals surface area contributed by atoms with Gasteiger partial charge in [0.2, 0.25) is 11.8 Å². The van der Waals surface area contributed by atoms with Crippen LogP contribution in [-0.4, -0.2) is 103 Å². The van der Waals surface area contributed by atoms with E-state index >= 15 is 0 Å². The number of alkyl carbamates (subject to hydrolysis) is 2. The van der Waals surface area contributed by atoms with Gasteiger partial charge in [-0.2, -0.15) is 0 Å².